The Morgan fingerprint density at radius 3 is 1.53 bits per heavy atom. The molecule has 3 aromatic carbocycles. The van der Waals surface area contributed by atoms with Crippen LogP contribution >= 0.6 is 7.26 Å². The molecule has 0 bridgehead atoms. The summed E-state index contributed by atoms with van der Waals surface area (Å²) in [5.74, 6) is 0.202. The number of carbonyl (C=O) groups is 1. The zero-order chi connectivity index (χ0) is 22.2. The highest BCUT2D eigenvalue weighted by Gasteiger charge is 2.44. The number of rotatable bonds is 8. The smallest absolute Gasteiger partial charge is 0.219 e. The molecule has 0 atom stereocenters. The van der Waals surface area contributed by atoms with Crippen LogP contribution in [-0.2, 0) is 4.79 Å². The molecule has 166 valence electrons. The maximum Gasteiger partial charge on any atom is 0.219 e. The van der Waals surface area contributed by atoms with Crippen molar-refractivity contribution >= 4 is 29.1 Å². The van der Waals surface area contributed by atoms with Crippen molar-refractivity contribution in [1.29, 1.82) is 0 Å². The summed E-state index contributed by atoms with van der Waals surface area (Å²) in [5, 5.41) is 4.40. The molecule has 0 aromatic heterocycles. The van der Waals surface area contributed by atoms with Crippen molar-refractivity contribution in [3.63, 3.8) is 0 Å². The predicted octanol–water partition coefficient (Wildman–Crippen LogP) is 3.92. The van der Waals surface area contributed by atoms with E-state index in [1.165, 1.54) is 34.9 Å². The Kier molecular flexibility index (Phi) is 7.73. The molecule has 32 heavy (non-hydrogen) atoms. The zero-order valence-corrected chi connectivity index (χ0v) is 20.0. The highest BCUT2D eigenvalue weighted by Crippen LogP contribution is 2.55. The summed E-state index contributed by atoms with van der Waals surface area (Å²) < 4.78 is 0. The molecule has 0 unspecified atom stereocenters. The SMILES string of the molecule is CC(=O)N1CCN(CCCC[P+](c2ccccc2)(c2ccccc2)c2ccccc2)CC1. The van der Waals surface area contributed by atoms with Crippen LogP contribution in [0, 0.1) is 0 Å². The number of piperazine rings is 1. The Hall–Kier alpha value is -2.48. The van der Waals surface area contributed by atoms with Crippen LogP contribution in [0.1, 0.15) is 19.8 Å². The lowest BCUT2D eigenvalue weighted by Gasteiger charge is -2.34. The van der Waals surface area contributed by atoms with E-state index in [4.69, 9.17) is 0 Å². The van der Waals surface area contributed by atoms with Crippen molar-refractivity contribution in [3.8, 4) is 0 Å². The van der Waals surface area contributed by atoms with Gasteiger partial charge in [0.2, 0.25) is 5.91 Å². The van der Waals surface area contributed by atoms with E-state index in [1.54, 1.807) is 6.92 Å². The fraction of sp³-hybridized carbons (Fsp3) is 0.321. The van der Waals surface area contributed by atoms with Gasteiger partial charge in [-0.1, -0.05) is 54.6 Å². The first-order chi connectivity index (χ1) is 15.7. The summed E-state index contributed by atoms with van der Waals surface area (Å²) in [4.78, 5) is 16.1. The molecular weight excluding hydrogens is 411 g/mol. The van der Waals surface area contributed by atoms with E-state index in [1.807, 2.05) is 4.90 Å². The molecule has 3 aromatic rings. The standard InChI is InChI=1S/C28H34N2OP/c1-25(31)30-22-20-29(21-23-30)19-11-12-24-32(26-13-5-2-6-14-26,27-15-7-3-8-16-27)28-17-9-4-10-18-28/h2-10,13-18H,11-12,19-24H2,1H3/q+1. The van der Waals surface area contributed by atoms with E-state index in [-0.39, 0.29) is 5.91 Å². The number of benzene rings is 3. The third kappa shape index (κ3) is 5.11. The monoisotopic (exact) mass is 445 g/mol. The van der Waals surface area contributed by atoms with Crippen LogP contribution < -0.4 is 15.9 Å². The number of nitrogens with zero attached hydrogens (tertiary/aromatic N) is 2. The third-order valence-corrected chi connectivity index (χ3v) is 11.2. The van der Waals surface area contributed by atoms with Gasteiger partial charge in [0.15, 0.2) is 0 Å². The molecule has 4 rings (SSSR count). The lowest BCUT2D eigenvalue weighted by Crippen LogP contribution is -2.48. The van der Waals surface area contributed by atoms with Gasteiger partial charge in [-0.25, -0.2) is 0 Å². The molecule has 1 aliphatic heterocycles. The molecule has 1 saturated heterocycles. The Morgan fingerprint density at radius 2 is 1.12 bits per heavy atom. The molecule has 3 nitrogen and oxygen atoms in total. The van der Waals surface area contributed by atoms with Crippen molar-refractivity contribution in [2.75, 3.05) is 38.9 Å². The normalized spacial score (nSPS) is 15.0. The molecule has 0 N–H and O–H groups in total. The van der Waals surface area contributed by atoms with Crippen LogP contribution in [0.4, 0.5) is 0 Å². The summed E-state index contributed by atoms with van der Waals surface area (Å²) in [5.41, 5.74) is 0. The maximum absolute atomic E-state index is 11.6. The van der Waals surface area contributed by atoms with Crippen LogP contribution in [0.2, 0.25) is 0 Å². The highest BCUT2D eigenvalue weighted by atomic mass is 31.2. The first-order valence-corrected chi connectivity index (χ1v) is 13.7. The fourth-order valence-corrected chi connectivity index (χ4v) is 9.26. The van der Waals surface area contributed by atoms with Gasteiger partial charge in [-0.15, -0.1) is 0 Å². The van der Waals surface area contributed by atoms with E-state index in [9.17, 15) is 4.79 Å². The van der Waals surface area contributed by atoms with Gasteiger partial charge in [-0.3, -0.25) is 9.69 Å². The topological polar surface area (TPSA) is 23.6 Å². The molecule has 1 heterocycles. The van der Waals surface area contributed by atoms with Crippen molar-refractivity contribution in [3.05, 3.63) is 91.0 Å². The summed E-state index contributed by atoms with van der Waals surface area (Å²) in [7, 11) is -1.72. The Balaban J connectivity index is 1.53. The van der Waals surface area contributed by atoms with E-state index >= 15 is 0 Å². The van der Waals surface area contributed by atoms with Crippen LogP contribution in [0.5, 0.6) is 0 Å². The van der Waals surface area contributed by atoms with E-state index in [0.29, 0.717) is 0 Å². The molecule has 1 aliphatic rings. The van der Waals surface area contributed by atoms with E-state index in [2.05, 4.69) is 95.9 Å². The van der Waals surface area contributed by atoms with Crippen molar-refractivity contribution in [2.45, 2.75) is 19.8 Å². The van der Waals surface area contributed by atoms with Gasteiger partial charge in [0.1, 0.15) is 23.2 Å². The lowest BCUT2D eigenvalue weighted by molar-refractivity contribution is -0.130. The van der Waals surface area contributed by atoms with Gasteiger partial charge >= 0.3 is 0 Å². The minimum Gasteiger partial charge on any atom is -0.340 e. The number of amides is 1. The molecule has 0 spiro atoms. The number of carbonyl (C=O) groups excluding carboxylic acids is 1. The Bertz CT molecular complexity index is 873. The summed E-state index contributed by atoms with van der Waals surface area (Å²) >= 11 is 0. The first kappa shape index (κ1) is 22.7. The highest BCUT2D eigenvalue weighted by molar-refractivity contribution is 7.95. The Morgan fingerprint density at radius 1 is 0.688 bits per heavy atom. The van der Waals surface area contributed by atoms with Crippen LogP contribution in [0.25, 0.3) is 0 Å². The second kappa shape index (κ2) is 10.9. The van der Waals surface area contributed by atoms with E-state index in [0.717, 1.165) is 32.7 Å². The zero-order valence-electron chi connectivity index (χ0n) is 19.1. The van der Waals surface area contributed by atoms with Crippen molar-refractivity contribution in [1.82, 2.24) is 9.80 Å². The number of hydrogen-bond acceptors (Lipinski definition) is 2. The molecule has 4 heteroatoms. The average Bonchev–Trinajstić information content (AvgIpc) is 2.86. The number of unbranched alkanes of at least 4 members (excludes halogenated alkanes) is 1. The molecule has 1 amide bonds. The fourth-order valence-electron chi connectivity index (χ4n) is 4.85. The number of hydrogen-bond donors (Lipinski definition) is 0. The van der Waals surface area contributed by atoms with Crippen LogP contribution in [-0.4, -0.2) is 54.6 Å². The third-order valence-electron chi connectivity index (χ3n) is 6.63. The van der Waals surface area contributed by atoms with Gasteiger partial charge in [-0.05, 0) is 55.8 Å². The average molecular weight is 446 g/mol. The molecular formula is C28H34N2OP+. The van der Waals surface area contributed by atoms with Gasteiger partial charge in [0.25, 0.3) is 0 Å². The minimum absolute atomic E-state index is 0.202. The quantitative estimate of drug-likeness (QED) is 0.388. The lowest BCUT2D eigenvalue weighted by atomic mass is 10.2. The largest absolute Gasteiger partial charge is 0.340 e. The van der Waals surface area contributed by atoms with Crippen molar-refractivity contribution < 1.29 is 4.79 Å². The van der Waals surface area contributed by atoms with Gasteiger partial charge in [0.05, 0.1) is 6.16 Å². The van der Waals surface area contributed by atoms with Crippen LogP contribution in [0.3, 0.4) is 0 Å². The minimum atomic E-state index is -1.72. The second-order valence-corrected chi connectivity index (χ2v) is 12.2. The first-order valence-electron chi connectivity index (χ1n) is 11.7. The van der Waals surface area contributed by atoms with E-state index < -0.39 is 7.26 Å². The second-order valence-electron chi connectivity index (χ2n) is 8.59. The van der Waals surface area contributed by atoms with Crippen LogP contribution in [0.15, 0.2) is 91.0 Å². The summed E-state index contributed by atoms with van der Waals surface area (Å²) in [6, 6.07) is 33.4. The van der Waals surface area contributed by atoms with Gasteiger partial charge in [-0.2, -0.15) is 0 Å². The summed E-state index contributed by atoms with van der Waals surface area (Å²) in [6.45, 7) is 6.51. The molecule has 1 fully saturated rings. The molecule has 0 radical (unpaired) electrons. The molecule has 0 aliphatic carbocycles. The maximum atomic E-state index is 11.6. The Labute approximate surface area is 193 Å². The van der Waals surface area contributed by atoms with Crippen molar-refractivity contribution in [2.24, 2.45) is 0 Å². The molecule has 0 saturated carbocycles. The van der Waals surface area contributed by atoms with Gasteiger partial charge < -0.3 is 4.90 Å². The predicted molar refractivity (Wildman–Crippen MR) is 138 cm³/mol. The summed E-state index contributed by atoms with van der Waals surface area (Å²) in [6.07, 6.45) is 3.56. The van der Waals surface area contributed by atoms with Gasteiger partial charge in [0, 0.05) is 33.1 Å².